The summed E-state index contributed by atoms with van der Waals surface area (Å²) in [5.74, 6) is 0.247. The van der Waals surface area contributed by atoms with Crippen LogP contribution in [-0.2, 0) is 6.18 Å². The largest absolute Gasteiger partial charge is 0.493 e. The van der Waals surface area contributed by atoms with Gasteiger partial charge in [-0.15, -0.1) is 0 Å². The van der Waals surface area contributed by atoms with Gasteiger partial charge >= 0.3 is 6.18 Å². The van der Waals surface area contributed by atoms with E-state index in [1.54, 1.807) is 24.3 Å². The summed E-state index contributed by atoms with van der Waals surface area (Å²) in [6.07, 6.45) is -2.14. The molecule has 0 aliphatic heterocycles. The third kappa shape index (κ3) is 4.96. The molecule has 2 nitrogen and oxygen atoms in total. The molecule has 0 unspecified atom stereocenters. The Morgan fingerprint density at radius 3 is 2.38 bits per heavy atom. The molecule has 6 heteroatoms. The van der Waals surface area contributed by atoms with Crippen molar-refractivity contribution < 1.29 is 22.7 Å². The van der Waals surface area contributed by atoms with Crippen molar-refractivity contribution in [2.75, 3.05) is 11.9 Å². The molecule has 0 N–H and O–H groups in total. The van der Waals surface area contributed by atoms with Gasteiger partial charge in [-0.05, 0) is 42.0 Å². The third-order valence-electron chi connectivity index (χ3n) is 3.17. The lowest BCUT2D eigenvalue weighted by Gasteiger charge is -2.09. The molecule has 0 heterocycles. The van der Waals surface area contributed by atoms with Crippen LogP contribution in [0.4, 0.5) is 13.2 Å². The van der Waals surface area contributed by atoms with Crippen LogP contribution in [-0.4, -0.2) is 17.7 Å². The van der Waals surface area contributed by atoms with E-state index in [1.165, 1.54) is 24.3 Å². The first kappa shape index (κ1) is 18.3. The van der Waals surface area contributed by atoms with Gasteiger partial charge in [0.25, 0.3) is 0 Å². The maximum absolute atomic E-state index is 12.9. The second-order valence-electron chi connectivity index (χ2n) is 4.84. The Hall–Kier alpha value is -2.08. The minimum absolute atomic E-state index is 0.0457. The van der Waals surface area contributed by atoms with Crippen LogP contribution in [0.5, 0.6) is 5.75 Å². The molecule has 0 bridgehead atoms. The van der Waals surface area contributed by atoms with Crippen LogP contribution in [0.3, 0.4) is 0 Å². The number of carbonyl (C=O) groups is 1. The highest BCUT2D eigenvalue weighted by molar-refractivity contribution is 9.09. The van der Waals surface area contributed by atoms with Crippen molar-refractivity contribution in [3.8, 4) is 5.75 Å². The molecule has 0 aliphatic rings. The summed E-state index contributed by atoms with van der Waals surface area (Å²) in [4.78, 5) is 12.1. The number of rotatable bonds is 6. The lowest BCUT2D eigenvalue weighted by atomic mass is 10.0. The summed E-state index contributed by atoms with van der Waals surface area (Å²) >= 11 is 3.24. The predicted molar refractivity (Wildman–Crippen MR) is 90.5 cm³/mol. The fourth-order valence-electron chi connectivity index (χ4n) is 2.03. The Bertz CT molecular complexity index is 722. The van der Waals surface area contributed by atoms with E-state index in [4.69, 9.17) is 4.74 Å². The van der Waals surface area contributed by atoms with Gasteiger partial charge in [-0.2, -0.15) is 13.2 Å². The van der Waals surface area contributed by atoms with E-state index in [-0.39, 0.29) is 11.3 Å². The minimum Gasteiger partial charge on any atom is -0.493 e. The third-order valence-corrected chi connectivity index (χ3v) is 3.49. The quantitative estimate of drug-likeness (QED) is 0.371. The minimum atomic E-state index is -4.46. The summed E-state index contributed by atoms with van der Waals surface area (Å²) in [6, 6.07) is 11.6. The molecule has 0 aliphatic carbocycles. The van der Waals surface area contributed by atoms with Gasteiger partial charge < -0.3 is 4.74 Å². The van der Waals surface area contributed by atoms with Crippen LogP contribution in [0.25, 0.3) is 6.08 Å². The molecule has 0 spiro atoms. The summed E-state index contributed by atoms with van der Waals surface area (Å²) in [6.45, 7) is 0.501. The van der Waals surface area contributed by atoms with E-state index in [1.807, 2.05) is 0 Å². The van der Waals surface area contributed by atoms with Crippen LogP contribution in [0, 0.1) is 0 Å². The number of alkyl halides is 4. The Labute approximate surface area is 146 Å². The number of ether oxygens (including phenoxy) is 1. The SMILES string of the molecule is O=C(/C=C/c1ccccc1C(F)(F)F)c1ccc(OCCBr)cc1. The molecule has 0 atom stereocenters. The second kappa shape index (κ2) is 8.15. The van der Waals surface area contributed by atoms with E-state index in [9.17, 15) is 18.0 Å². The van der Waals surface area contributed by atoms with Gasteiger partial charge in [-0.25, -0.2) is 0 Å². The number of hydrogen-bond acceptors (Lipinski definition) is 2. The highest BCUT2D eigenvalue weighted by Crippen LogP contribution is 2.32. The average molecular weight is 399 g/mol. The summed E-state index contributed by atoms with van der Waals surface area (Å²) in [5.41, 5.74) is -0.440. The highest BCUT2D eigenvalue weighted by Gasteiger charge is 2.32. The zero-order valence-electron chi connectivity index (χ0n) is 12.5. The number of hydrogen-bond donors (Lipinski definition) is 0. The summed E-state index contributed by atoms with van der Waals surface area (Å²) < 4.78 is 44.1. The Kier molecular flexibility index (Phi) is 6.20. The first-order valence-electron chi connectivity index (χ1n) is 7.09. The number of benzene rings is 2. The lowest BCUT2D eigenvalue weighted by molar-refractivity contribution is -0.137. The maximum atomic E-state index is 12.9. The van der Waals surface area contributed by atoms with Gasteiger partial charge in [0.2, 0.25) is 0 Å². The predicted octanol–water partition coefficient (Wildman–Crippen LogP) is 5.38. The topological polar surface area (TPSA) is 26.3 Å². The molecule has 2 aromatic rings. The molecule has 0 saturated heterocycles. The first-order valence-corrected chi connectivity index (χ1v) is 8.21. The van der Waals surface area contributed by atoms with Gasteiger partial charge in [0.15, 0.2) is 5.78 Å². The molecule has 2 aromatic carbocycles. The molecular weight excluding hydrogens is 385 g/mol. The fourth-order valence-corrected chi connectivity index (χ4v) is 2.20. The number of ketones is 1. The summed E-state index contributed by atoms with van der Waals surface area (Å²) in [7, 11) is 0. The number of halogens is 4. The smallest absolute Gasteiger partial charge is 0.416 e. The molecule has 0 radical (unpaired) electrons. The zero-order valence-corrected chi connectivity index (χ0v) is 14.1. The number of carbonyl (C=O) groups excluding carboxylic acids is 1. The van der Waals surface area contributed by atoms with Crippen molar-refractivity contribution in [2.45, 2.75) is 6.18 Å². The van der Waals surface area contributed by atoms with Crippen molar-refractivity contribution in [1.29, 1.82) is 0 Å². The van der Waals surface area contributed by atoms with Gasteiger partial charge in [0.05, 0.1) is 12.2 Å². The van der Waals surface area contributed by atoms with Crippen molar-refractivity contribution in [3.63, 3.8) is 0 Å². The van der Waals surface area contributed by atoms with Gasteiger partial charge in [-0.3, -0.25) is 4.79 Å². The van der Waals surface area contributed by atoms with Gasteiger partial charge in [0.1, 0.15) is 5.75 Å². The maximum Gasteiger partial charge on any atom is 0.416 e. The standard InChI is InChI=1S/C18H14BrF3O2/c19-11-12-24-15-8-5-14(6-9-15)17(23)10-7-13-3-1-2-4-16(13)18(20,21)22/h1-10H,11-12H2/b10-7+. The molecule has 0 amide bonds. The van der Waals surface area contributed by atoms with Crippen LogP contribution >= 0.6 is 15.9 Å². The van der Waals surface area contributed by atoms with E-state index in [0.29, 0.717) is 23.2 Å². The Morgan fingerprint density at radius 1 is 1.08 bits per heavy atom. The Morgan fingerprint density at radius 2 is 1.75 bits per heavy atom. The molecular formula is C18H14BrF3O2. The van der Waals surface area contributed by atoms with E-state index in [0.717, 1.165) is 12.1 Å². The van der Waals surface area contributed by atoms with Crippen molar-refractivity contribution in [2.24, 2.45) is 0 Å². The normalized spacial score (nSPS) is 11.7. The van der Waals surface area contributed by atoms with Crippen molar-refractivity contribution in [1.82, 2.24) is 0 Å². The highest BCUT2D eigenvalue weighted by atomic mass is 79.9. The monoisotopic (exact) mass is 398 g/mol. The van der Waals surface area contributed by atoms with Crippen LogP contribution in [0.15, 0.2) is 54.6 Å². The van der Waals surface area contributed by atoms with Gasteiger partial charge in [0, 0.05) is 10.9 Å². The molecule has 24 heavy (non-hydrogen) atoms. The Balaban J connectivity index is 2.14. The molecule has 0 fully saturated rings. The molecule has 0 saturated carbocycles. The average Bonchev–Trinajstić information content (AvgIpc) is 2.57. The van der Waals surface area contributed by atoms with E-state index >= 15 is 0 Å². The second-order valence-corrected chi connectivity index (χ2v) is 5.64. The van der Waals surface area contributed by atoms with Gasteiger partial charge in [-0.1, -0.05) is 40.2 Å². The lowest BCUT2D eigenvalue weighted by Crippen LogP contribution is -2.07. The molecule has 2 rings (SSSR count). The fraction of sp³-hybridized carbons (Fsp3) is 0.167. The molecule has 126 valence electrons. The van der Waals surface area contributed by atoms with E-state index in [2.05, 4.69) is 15.9 Å². The van der Waals surface area contributed by atoms with Crippen LogP contribution in [0.2, 0.25) is 0 Å². The van der Waals surface area contributed by atoms with Crippen LogP contribution < -0.4 is 4.74 Å². The van der Waals surface area contributed by atoms with Crippen LogP contribution in [0.1, 0.15) is 21.5 Å². The van der Waals surface area contributed by atoms with Crippen molar-refractivity contribution >= 4 is 27.8 Å². The first-order chi connectivity index (χ1) is 11.4. The summed E-state index contributed by atoms with van der Waals surface area (Å²) in [5, 5.41) is 0.690. The zero-order chi connectivity index (χ0) is 17.6. The number of allylic oxidation sites excluding steroid dienone is 1. The molecule has 0 aromatic heterocycles. The van der Waals surface area contributed by atoms with E-state index < -0.39 is 11.7 Å². The van der Waals surface area contributed by atoms with Crippen molar-refractivity contribution in [3.05, 3.63) is 71.3 Å².